The molecule has 16 heavy (non-hydrogen) atoms. The van der Waals surface area contributed by atoms with Crippen LogP contribution in [0.1, 0.15) is 18.9 Å². The smallest absolute Gasteiger partial charge is 0.215 e. The largest absolute Gasteiger partial charge is 0.248 e. The Balaban J connectivity index is 1.82. The zero-order valence-corrected chi connectivity index (χ0v) is 10.6. The van der Waals surface area contributed by atoms with Crippen molar-refractivity contribution in [2.24, 2.45) is 0 Å². The van der Waals surface area contributed by atoms with E-state index in [0.717, 1.165) is 14.7 Å². The molecule has 0 saturated heterocycles. The first-order valence-electron chi connectivity index (χ1n) is 4.90. The van der Waals surface area contributed by atoms with Crippen molar-refractivity contribution in [1.82, 2.24) is 25.2 Å². The number of tetrazole rings is 1. The molecule has 2 aromatic heterocycles. The van der Waals surface area contributed by atoms with Gasteiger partial charge in [0.1, 0.15) is 5.03 Å². The van der Waals surface area contributed by atoms with E-state index in [9.17, 15) is 0 Å². The zero-order chi connectivity index (χ0) is 11.0. The number of nitrogens with zero attached hydrogens (tertiary/aromatic N) is 5. The molecule has 1 aliphatic carbocycles. The number of hydrogen-bond acceptors (Lipinski definition) is 5. The van der Waals surface area contributed by atoms with Gasteiger partial charge in [-0.3, -0.25) is 0 Å². The molecule has 0 radical (unpaired) electrons. The van der Waals surface area contributed by atoms with E-state index in [4.69, 9.17) is 0 Å². The molecule has 5 nitrogen and oxygen atoms in total. The fourth-order valence-electron chi connectivity index (χ4n) is 1.32. The van der Waals surface area contributed by atoms with Gasteiger partial charge >= 0.3 is 0 Å². The fourth-order valence-corrected chi connectivity index (χ4v) is 2.34. The molecule has 0 aliphatic heterocycles. The van der Waals surface area contributed by atoms with Crippen LogP contribution in [0.3, 0.4) is 0 Å². The average molecular weight is 298 g/mol. The molecule has 7 heteroatoms. The summed E-state index contributed by atoms with van der Waals surface area (Å²) in [6.07, 6.45) is 4.12. The second kappa shape index (κ2) is 4.14. The first kappa shape index (κ1) is 10.2. The van der Waals surface area contributed by atoms with Gasteiger partial charge in [-0.1, -0.05) is 0 Å². The van der Waals surface area contributed by atoms with E-state index in [2.05, 4.69) is 36.4 Å². The van der Waals surface area contributed by atoms with Crippen molar-refractivity contribution in [3.05, 3.63) is 22.8 Å². The van der Waals surface area contributed by atoms with Crippen LogP contribution >= 0.6 is 27.7 Å². The van der Waals surface area contributed by atoms with Gasteiger partial charge in [-0.15, -0.1) is 5.10 Å². The Bertz CT molecular complexity index is 493. The van der Waals surface area contributed by atoms with Gasteiger partial charge < -0.3 is 0 Å². The molecule has 3 rings (SSSR count). The minimum Gasteiger partial charge on any atom is -0.248 e. The van der Waals surface area contributed by atoms with Crippen LogP contribution in [0, 0.1) is 0 Å². The Morgan fingerprint density at radius 3 is 2.94 bits per heavy atom. The minimum atomic E-state index is 0.493. The molecule has 0 atom stereocenters. The number of rotatable bonds is 3. The van der Waals surface area contributed by atoms with Crippen LogP contribution in [-0.2, 0) is 0 Å². The number of aromatic nitrogens is 5. The molecule has 82 valence electrons. The van der Waals surface area contributed by atoms with Crippen molar-refractivity contribution in [3.8, 4) is 0 Å². The van der Waals surface area contributed by atoms with Crippen LogP contribution in [0.4, 0.5) is 0 Å². The third kappa shape index (κ3) is 2.10. The molecule has 1 saturated carbocycles. The Kier molecular flexibility index (Phi) is 2.64. The lowest BCUT2D eigenvalue weighted by atomic mass is 10.5. The molecule has 0 unspecified atom stereocenters. The molecule has 0 aromatic carbocycles. The Labute approximate surface area is 105 Å². The van der Waals surface area contributed by atoms with Gasteiger partial charge in [0.25, 0.3) is 0 Å². The number of hydrogen-bond donors (Lipinski definition) is 0. The Morgan fingerprint density at radius 1 is 1.38 bits per heavy atom. The SMILES string of the molecule is Brc1ccc(Sc2nnnn2C2CC2)nc1. The molecule has 0 bridgehead atoms. The maximum absolute atomic E-state index is 4.28. The van der Waals surface area contributed by atoms with Crippen LogP contribution in [0.25, 0.3) is 0 Å². The highest BCUT2D eigenvalue weighted by molar-refractivity contribution is 9.10. The van der Waals surface area contributed by atoms with E-state index < -0.39 is 0 Å². The first-order chi connectivity index (χ1) is 7.83. The lowest BCUT2D eigenvalue weighted by molar-refractivity contribution is 0.565. The molecule has 2 aromatic rings. The molecule has 0 spiro atoms. The fraction of sp³-hybridized carbons (Fsp3) is 0.333. The summed E-state index contributed by atoms with van der Waals surface area (Å²) in [5, 5.41) is 13.4. The number of halogens is 1. The lowest BCUT2D eigenvalue weighted by Gasteiger charge is -2.01. The minimum absolute atomic E-state index is 0.493. The van der Waals surface area contributed by atoms with Crippen LogP contribution in [-0.4, -0.2) is 25.2 Å². The van der Waals surface area contributed by atoms with E-state index in [1.54, 1.807) is 6.20 Å². The van der Waals surface area contributed by atoms with Gasteiger partial charge in [0.2, 0.25) is 5.16 Å². The summed E-state index contributed by atoms with van der Waals surface area (Å²) in [6.45, 7) is 0. The Hall–Kier alpha value is -0.950. The molecule has 0 N–H and O–H groups in total. The predicted octanol–water partition coefficient (Wildman–Crippen LogP) is 2.32. The summed E-state index contributed by atoms with van der Waals surface area (Å²) < 4.78 is 2.85. The summed E-state index contributed by atoms with van der Waals surface area (Å²) in [6, 6.07) is 4.40. The van der Waals surface area contributed by atoms with Crippen molar-refractivity contribution in [3.63, 3.8) is 0 Å². The molecule has 0 amide bonds. The first-order valence-corrected chi connectivity index (χ1v) is 6.51. The van der Waals surface area contributed by atoms with Crippen molar-refractivity contribution < 1.29 is 0 Å². The van der Waals surface area contributed by atoms with E-state index in [-0.39, 0.29) is 0 Å². The molecule has 2 heterocycles. The average Bonchev–Trinajstić information content (AvgIpc) is 3.03. The lowest BCUT2D eigenvalue weighted by Crippen LogP contribution is -1.98. The maximum atomic E-state index is 4.28. The summed E-state index contributed by atoms with van der Waals surface area (Å²) in [7, 11) is 0. The third-order valence-corrected chi connectivity index (χ3v) is 3.62. The summed E-state index contributed by atoms with van der Waals surface area (Å²) in [4.78, 5) is 4.28. The van der Waals surface area contributed by atoms with Gasteiger partial charge in [-0.25, -0.2) is 9.67 Å². The van der Waals surface area contributed by atoms with E-state index in [1.807, 2.05) is 16.8 Å². The van der Waals surface area contributed by atoms with E-state index in [1.165, 1.54) is 24.6 Å². The summed E-state index contributed by atoms with van der Waals surface area (Å²) in [5.74, 6) is 0. The van der Waals surface area contributed by atoms with Crippen molar-refractivity contribution in [1.29, 1.82) is 0 Å². The predicted molar refractivity (Wildman–Crippen MR) is 62.1 cm³/mol. The normalized spacial score (nSPS) is 15.3. The maximum Gasteiger partial charge on any atom is 0.215 e. The third-order valence-electron chi connectivity index (χ3n) is 2.25. The zero-order valence-electron chi connectivity index (χ0n) is 8.25. The summed E-state index contributed by atoms with van der Waals surface area (Å²) in [5.41, 5.74) is 0. The molecular formula is C9H8BrN5S. The van der Waals surface area contributed by atoms with E-state index >= 15 is 0 Å². The van der Waals surface area contributed by atoms with Crippen molar-refractivity contribution in [2.45, 2.75) is 29.1 Å². The van der Waals surface area contributed by atoms with Crippen molar-refractivity contribution in [2.75, 3.05) is 0 Å². The highest BCUT2D eigenvalue weighted by Crippen LogP contribution is 2.37. The molecule has 1 fully saturated rings. The Morgan fingerprint density at radius 2 is 2.25 bits per heavy atom. The van der Waals surface area contributed by atoms with Gasteiger partial charge in [-0.2, -0.15) is 0 Å². The van der Waals surface area contributed by atoms with Crippen LogP contribution in [0.5, 0.6) is 0 Å². The monoisotopic (exact) mass is 297 g/mol. The standard InChI is InChI=1S/C9H8BrN5S/c10-6-1-4-8(11-5-6)16-9-12-13-14-15(9)7-2-3-7/h1,4-5,7H,2-3H2. The second-order valence-corrected chi connectivity index (χ2v) is 5.46. The molecule has 1 aliphatic rings. The van der Waals surface area contributed by atoms with Gasteiger partial charge in [0.05, 0.1) is 6.04 Å². The van der Waals surface area contributed by atoms with Crippen molar-refractivity contribution >= 4 is 27.7 Å². The molecular weight excluding hydrogens is 290 g/mol. The second-order valence-electron chi connectivity index (χ2n) is 3.55. The van der Waals surface area contributed by atoms with E-state index in [0.29, 0.717) is 6.04 Å². The topological polar surface area (TPSA) is 56.5 Å². The van der Waals surface area contributed by atoms with Gasteiger partial charge in [0.15, 0.2) is 0 Å². The highest BCUT2D eigenvalue weighted by atomic mass is 79.9. The van der Waals surface area contributed by atoms with Gasteiger partial charge in [0, 0.05) is 10.7 Å². The van der Waals surface area contributed by atoms with Crippen LogP contribution in [0.2, 0.25) is 0 Å². The van der Waals surface area contributed by atoms with Crippen LogP contribution in [0.15, 0.2) is 33.0 Å². The van der Waals surface area contributed by atoms with Crippen LogP contribution < -0.4 is 0 Å². The van der Waals surface area contributed by atoms with Gasteiger partial charge in [-0.05, 0) is 63.1 Å². The highest BCUT2D eigenvalue weighted by Gasteiger charge is 2.28. The summed E-state index contributed by atoms with van der Waals surface area (Å²) >= 11 is 4.85. The number of pyridine rings is 1. The quantitative estimate of drug-likeness (QED) is 0.870.